The van der Waals surface area contributed by atoms with Gasteiger partial charge in [-0.1, -0.05) is 55.8 Å². The van der Waals surface area contributed by atoms with Crippen LogP contribution in [0.2, 0.25) is 5.02 Å². The highest BCUT2D eigenvalue weighted by molar-refractivity contribution is 6.30. The molecule has 2 rings (SSSR count). The molecular weight excluding hydrogens is 242 g/mol. The topological polar surface area (TPSA) is 26.0 Å². The van der Waals surface area contributed by atoms with Gasteiger partial charge in [0.2, 0.25) is 0 Å². The molecule has 0 radical (unpaired) electrons. The normalized spacial score (nSPS) is 18.8. The first-order valence-corrected chi connectivity index (χ1v) is 7.60. The summed E-state index contributed by atoms with van der Waals surface area (Å²) < 4.78 is 0. The molecule has 1 fully saturated rings. The van der Waals surface area contributed by atoms with Gasteiger partial charge >= 0.3 is 0 Å². The van der Waals surface area contributed by atoms with E-state index in [0.29, 0.717) is 5.92 Å². The quantitative estimate of drug-likeness (QED) is 0.838. The molecule has 0 saturated heterocycles. The lowest BCUT2D eigenvalue weighted by atomic mass is 9.81. The predicted octanol–water partition coefficient (Wildman–Crippen LogP) is 4.43. The van der Waals surface area contributed by atoms with Gasteiger partial charge in [-0.3, -0.25) is 0 Å². The van der Waals surface area contributed by atoms with Gasteiger partial charge in [-0.05, 0) is 48.9 Å². The lowest BCUT2D eigenvalue weighted by Gasteiger charge is -2.26. The molecule has 0 bridgehead atoms. The van der Waals surface area contributed by atoms with E-state index in [1.165, 1.54) is 44.1 Å². The molecule has 2 heteroatoms. The molecule has 0 amide bonds. The monoisotopic (exact) mass is 265 g/mol. The second-order valence-corrected chi connectivity index (χ2v) is 6.11. The third-order valence-corrected chi connectivity index (χ3v) is 4.37. The summed E-state index contributed by atoms with van der Waals surface area (Å²) in [6, 6.07) is 8.20. The summed E-state index contributed by atoms with van der Waals surface area (Å²) in [6.45, 7) is 0.795. The Balaban J connectivity index is 1.88. The minimum atomic E-state index is 0.617. The number of nitrogens with two attached hydrogens (primary N) is 1. The molecular formula is C16H24ClN. The molecule has 2 N–H and O–H groups in total. The second-order valence-electron chi connectivity index (χ2n) is 5.68. The maximum Gasteiger partial charge on any atom is 0.0408 e. The van der Waals surface area contributed by atoms with E-state index < -0.39 is 0 Å². The van der Waals surface area contributed by atoms with E-state index in [9.17, 15) is 0 Å². The fraction of sp³-hybridized carbons (Fsp3) is 0.625. The molecule has 0 heterocycles. The Bertz CT molecular complexity index is 358. The van der Waals surface area contributed by atoms with Gasteiger partial charge in [0, 0.05) is 5.02 Å². The SMILES string of the molecule is NCC(Cc1cccc(Cl)c1)CC1CCCCC1. The molecule has 1 aromatic rings. The van der Waals surface area contributed by atoms with Crippen LogP contribution in [0.15, 0.2) is 24.3 Å². The fourth-order valence-electron chi connectivity index (χ4n) is 3.15. The van der Waals surface area contributed by atoms with Crippen LogP contribution >= 0.6 is 11.6 Å². The summed E-state index contributed by atoms with van der Waals surface area (Å²) in [4.78, 5) is 0. The molecule has 100 valence electrons. The van der Waals surface area contributed by atoms with Crippen LogP contribution in [0.5, 0.6) is 0 Å². The van der Waals surface area contributed by atoms with Crippen LogP contribution in [0.25, 0.3) is 0 Å². The first kappa shape index (κ1) is 13.9. The van der Waals surface area contributed by atoms with E-state index in [1.807, 2.05) is 12.1 Å². The van der Waals surface area contributed by atoms with Crippen LogP contribution in [-0.2, 0) is 6.42 Å². The van der Waals surface area contributed by atoms with Crippen molar-refractivity contribution in [3.8, 4) is 0 Å². The Morgan fingerprint density at radius 3 is 2.67 bits per heavy atom. The van der Waals surface area contributed by atoms with Crippen LogP contribution in [0.4, 0.5) is 0 Å². The molecule has 1 saturated carbocycles. The summed E-state index contributed by atoms with van der Waals surface area (Å²) in [6.07, 6.45) is 9.45. The molecule has 1 unspecified atom stereocenters. The van der Waals surface area contributed by atoms with Crippen molar-refractivity contribution in [2.75, 3.05) is 6.54 Å². The number of hydrogen-bond acceptors (Lipinski definition) is 1. The highest BCUT2D eigenvalue weighted by atomic mass is 35.5. The van der Waals surface area contributed by atoms with Gasteiger partial charge < -0.3 is 5.73 Å². The molecule has 0 spiro atoms. The number of halogens is 1. The Kier molecular flexibility index (Phi) is 5.52. The molecule has 1 nitrogen and oxygen atoms in total. The fourth-order valence-corrected chi connectivity index (χ4v) is 3.37. The van der Waals surface area contributed by atoms with Gasteiger partial charge in [-0.25, -0.2) is 0 Å². The van der Waals surface area contributed by atoms with Gasteiger partial charge in [-0.2, -0.15) is 0 Å². The minimum Gasteiger partial charge on any atom is -0.330 e. The zero-order valence-corrected chi connectivity index (χ0v) is 11.8. The highest BCUT2D eigenvalue weighted by Crippen LogP contribution is 2.30. The van der Waals surface area contributed by atoms with Crippen LogP contribution in [-0.4, -0.2) is 6.54 Å². The largest absolute Gasteiger partial charge is 0.330 e. The standard InChI is InChI=1S/C16H24ClN/c17-16-8-4-7-14(11-16)10-15(12-18)9-13-5-2-1-3-6-13/h4,7-8,11,13,15H,1-3,5-6,9-10,12,18H2. The Morgan fingerprint density at radius 1 is 1.22 bits per heavy atom. The van der Waals surface area contributed by atoms with E-state index in [0.717, 1.165) is 23.9 Å². The Morgan fingerprint density at radius 2 is 2.00 bits per heavy atom. The third-order valence-electron chi connectivity index (χ3n) is 4.14. The van der Waals surface area contributed by atoms with Crippen LogP contribution in [0.1, 0.15) is 44.1 Å². The van der Waals surface area contributed by atoms with Gasteiger partial charge in [0.1, 0.15) is 0 Å². The molecule has 1 aliphatic rings. The van der Waals surface area contributed by atoms with Crippen LogP contribution < -0.4 is 5.73 Å². The van der Waals surface area contributed by atoms with E-state index in [-0.39, 0.29) is 0 Å². The van der Waals surface area contributed by atoms with E-state index in [1.54, 1.807) is 0 Å². The van der Waals surface area contributed by atoms with E-state index in [4.69, 9.17) is 17.3 Å². The van der Waals surface area contributed by atoms with E-state index in [2.05, 4.69) is 12.1 Å². The molecule has 0 aliphatic heterocycles. The average molecular weight is 266 g/mol. The Hall–Kier alpha value is -0.530. The average Bonchev–Trinajstić information content (AvgIpc) is 2.39. The summed E-state index contributed by atoms with van der Waals surface area (Å²) in [5, 5.41) is 0.834. The van der Waals surface area contributed by atoms with Gasteiger partial charge in [0.15, 0.2) is 0 Å². The van der Waals surface area contributed by atoms with Crippen molar-refractivity contribution in [1.29, 1.82) is 0 Å². The summed E-state index contributed by atoms with van der Waals surface area (Å²) >= 11 is 6.03. The van der Waals surface area contributed by atoms with Gasteiger partial charge in [0.25, 0.3) is 0 Å². The maximum absolute atomic E-state index is 6.03. The van der Waals surface area contributed by atoms with Crippen LogP contribution in [0.3, 0.4) is 0 Å². The minimum absolute atomic E-state index is 0.617. The molecule has 1 aromatic carbocycles. The summed E-state index contributed by atoms with van der Waals surface area (Å²) in [5.41, 5.74) is 7.27. The molecule has 1 atom stereocenters. The Labute approximate surface area is 116 Å². The zero-order valence-electron chi connectivity index (χ0n) is 11.1. The zero-order chi connectivity index (χ0) is 12.8. The van der Waals surface area contributed by atoms with E-state index >= 15 is 0 Å². The van der Waals surface area contributed by atoms with Gasteiger partial charge in [-0.15, -0.1) is 0 Å². The maximum atomic E-state index is 6.03. The van der Waals surface area contributed by atoms with Crippen molar-refractivity contribution >= 4 is 11.6 Å². The van der Waals surface area contributed by atoms with Crippen molar-refractivity contribution in [3.63, 3.8) is 0 Å². The third kappa shape index (κ3) is 4.29. The smallest absolute Gasteiger partial charge is 0.0408 e. The van der Waals surface area contributed by atoms with Crippen molar-refractivity contribution < 1.29 is 0 Å². The van der Waals surface area contributed by atoms with Crippen molar-refractivity contribution in [2.45, 2.75) is 44.9 Å². The lowest BCUT2D eigenvalue weighted by molar-refractivity contribution is 0.289. The number of hydrogen-bond donors (Lipinski definition) is 1. The number of benzene rings is 1. The molecule has 18 heavy (non-hydrogen) atoms. The predicted molar refractivity (Wildman–Crippen MR) is 78.9 cm³/mol. The van der Waals surface area contributed by atoms with Crippen molar-refractivity contribution in [2.24, 2.45) is 17.6 Å². The number of rotatable bonds is 5. The first-order chi connectivity index (χ1) is 8.78. The molecule has 0 aromatic heterocycles. The second kappa shape index (κ2) is 7.16. The van der Waals surface area contributed by atoms with Crippen molar-refractivity contribution in [1.82, 2.24) is 0 Å². The summed E-state index contributed by atoms with van der Waals surface area (Å²) in [7, 11) is 0. The van der Waals surface area contributed by atoms with Crippen LogP contribution in [0, 0.1) is 11.8 Å². The van der Waals surface area contributed by atoms with Crippen molar-refractivity contribution in [3.05, 3.63) is 34.9 Å². The summed E-state index contributed by atoms with van der Waals surface area (Å²) in [5.74, 6) is 1.53. The highest BCUT2D eigenvalue weighted by Gasteiger charge is 2.18. The van der Waals surface area contributed by atoms with Gasteiger partial charge in [0.05, 0.1) is 0 Å². The first-order valence-electron chi connectivity index (χ1n) is 7.22. The lowest BCUT2D eigenvalue weighted by Crippen LogP contribution is -2.21. The molecule has 1 aliphatic carbocycles.